The molecule has 0 heteroatoms. The lowest BCUT2D eigenvalue weighted by Crippen LogP contribution is -2.18. The van der Waals surface area contributed by atoms with Crippen molar-refractivity contribution in [3.05, 3.63) is 0 Å². The van der Waals surface area contributed by atoms with E-state index >= 15 is 0 Å². The highest BCUT2D eigenvalue weighted by Crippen LogP contribution is 2.50. The molecule has 0 aromatic carbocycles. The molecule has 0 nitrogen and oxygen atoms in total. The Morgan fingerprint density at radius 3 is 2.00 bits per heavy atom. The van der Waals surface area contributed by atoms with E-state index < -0.39 is 0 Å². The van der Waals surface area contributed by atoms with Gasteiger partial charge in [-0.1, -0.05) is 13.3 Å². The second-order valence-corrected chi connectivity index (χ2v) is 3.84. The normalized spacial score (nSPS) is 48.3. The van der Waals surface area contributed by atoms with Gasteiger partial charge in [-0.15, -0.1) is 0 Å². The molecule has 52 valence electrons. The quantitative estimate of drug-likeness (QED) is 0.504. The van der Waals surface area contributed by atoms with E-state index in [-0.39, 0.29) is 0 Å². The van der Waals surface area contributed by atoms with Crippen LogP contribution in [0.25, 0.3) is 0 Å². The van der Waals surface area contributed by atoms with Crippen LogP contribution in [-0.4, -0.2) is 0 Å². The molecule has 0 amide bonds. The summed E-state index contributed by atoms with van der Waals surface area (Å²) in [6.07, 6.45) is 7.69. The van der Waals surface area contributed by atoms with Gasteiger partial charge < -0.3 is 0 Å². The largest absolute Gasteiger partial charge is 0.0651 e. The Kier molecular flexibility index (Phi) is 1.28. The zero-order valence-electron chi connectivity index (χ0n) is 6.27. The van der Waals surface area contributed by atoms with E-state index in [1.807, 2.05) is 0 Å². The molecule has 0 spiro atoms. The van der Waals surface area contributed by atoms with Crippen molar-refractivity contribution in [2.24, 2.45) is 17.8 Å². The third-order valence-corrected chi connectivity index (χ3v) is 3.42. The topological polar surface area (TPSA) is 0 Å². The van der Waals surface area contributed by atoms with E-state index in [9.17, 15) is 0 Å². The van der Waals surface area contributed by atoms with E-state index in [4.69, 9.17) is 0 Å². The fourth-order valence-electron chi connectivity index (χ4n) is 2.54. The third-order valence-electron chi connectivity index (χ3n) is 3.42. The van der Waals surface area contributed by atoms with Gasteiger partial charge in [-0.05, 0) is 43.4 Å². The lowest BCUT2D eigenvalue weighted by molar-refractivity contribution is 0.219. The molecule has 0 N–H and O–H groups in total. The maximum Gasteiger partial charge on any atom is -0.0383 e. The number of rotatable bonds is 1. The molecule has 0 saturated heterocycles. The summed E-state index contributed by atoms with van der Waals surface area (Å²) >= 11 is 0. The smallest absolute Gasteiger partial charge is 0.0383 e. The standard InChI is InChI=1S/C9H16/c1-2-7-5-8-3-4-9(8)6-7/h7-9H,2-6H2,1H3/t7?,8-,9+. The molecular formula is C9H16. The van der Waals surface area contributed by atoms with Crippen molar-refractivity contribution in [2.45, 2.75) is 39.0 Å². The molecule has 2 fully saturated rings. The summed E-state index contributed by atoms with van der Waals surface area (Å²) in [5.41, 5.74) is 0. The van der Waals surface area contributed by atoms with Crippen molar-refractivity contribution in [1.82, 2.24) is 0 Å². The Morgan fingerprint density at radius 2 is 1.67 bits per heavy atom. The first-order chi connectivity index (χ1) is 4.40. The van der Waals surface area contributed by atoms with Crippen LogP contribution in [0.15, 0.2) is 0 Å². The first-order valence-electron chi connectivity index (χ1n) is 4.40. The van der Waals surface area contributed by atoms with Gasteiger partial charge in [0.15, 0.2) is 0 Å². The highest BCUT2D eigenvalue weighted by atomic mass is 14.4. The van der Waals surface area contributed by atoms with Crippen molar-refractivity contribution in [3.8, 4) is 0 Å². The van der Waals surface area contributed by atoms with E-state index in [1.54, 1.807) is 25.7 Å². The van der Waals surface area contributed by atoms with Gasteiger partial charge in [0.2, 0.25) is 0 Å². The Labute approximate surface area is 57.6 Å². The summed E-state index contributed by atoms with van der Waals surface area (Å²) in [5.74, 6) is 3.47. The maximum atomic E-state index is 2.34. The fraction of sp³-hybridized carbons (Fsp3) is 1.00. The van der Waals surface area contributed by atoms with Gasteiger partial charge in [0.1, 0.15) is 0 Å². The van der Waals surface area contributed by atoms with Crippen LogP contribution in [0, 0.1) is 17.8 Å². The average Bonchev–Trinajstić information content (AvgIpc) is 2.10. The molecule has 0 radical (unpaired) electrons. The minimum atomic E-state index is 1.11. The first kappa shape index (κ1) is 5.76. The van der Waals surface area contributed by atoms with Crippen LogP contribution in [0.5, 0.6) is 0 Å². The van der Waals surface area contributed by atoms with E-state index in [0.29, 0.717) is 0 Å². The summed E-state index contributed by atoms with van der Waals surface area (Å²) < 4.78 is 0. The Morgan fingerprint density at radius 1 is 1.11 bits per heavy atom. The number of hydrogen-bond acceptors (Lipinski definition) is 0. The lowest BCUT2D eigenvalue weighted by Gasteiger charge is -2.29. The summed E-state index contributed by atoms with van der Waals surface area (Å²) in [6, 6.07) is 0. The lowest BCUT2D eigenvalue weighted by atomic mass is 9.77. The summed E-state index contributed by atoms with van der Waals surface area (Å²) in [4.78, 5) is 0. The Bertz CT molecular complexity index is 94.6. The third kappa shape index (κ3) is 0.798. The van der Waals surface area contributed by atoms with Crippen LogP contribution in [-0.2, 0) is 0 Å². The van der Waals surface area contributed by atoms with Gasteiger partial charge >= 0.3 is 0 Å². The monoisotopic (exact) mass is 124 g/mol. The number of hydrogen-bond donors (Lipinski definition) is 0. The van der Waals surface area contributed by atoms with Crippen molar-refractivity contribution in [2.75, 3.05) is 0 Å². The van der Waals surface area contributed by atoms with E-state index in [2.05, 4.69) is 6.92 Å². The predicted octanol–water partition coefficient (Wildman–Crippen LogP) is 2.83. The maximum absolute atomic E-state index is 2.34. The van der Waals surface area contributed by atoms with Crippen LogP contribution in [0.2, 0.25) is 0 Å². The van der Waals surface area contributed by atoms with E-state index in [1.165, 1.54) is 18.3 Å². The second kappa shape index (κ2) is 2.00. The minimum Gasteiger partial charge on any atom is -0.0651 e. The zero-order valence-corrected chi connectivity index (χ0v) is 6.27. The van der Waals surface area contributed by atoms with Gasteiger partial charge in [-0.2, -0.15) is 0 Å². The van der Waals surface area contributed by atoms with Gasteiger partial charge in [-0.3, -0.25) is 0 Å². The molecule has 1 unspecified atom stereocenters. The van der Waals surface area contributed by atoms with Crippen LogP contribution in [0.4, 0.5) is 0 Å². The zero-order chi connectivity index (χ0) is 6.27. The highest BCUT2D eigenvalue weighted by Gasteiger charge is 2.38. The van der Waals surface area contributed by atoms with E-state index in [0.717, 1.165) is 5.92 Å². The molecule has 9 heavy (non-hydrogen) atoms. The Hall–Kier alpha value is 0. The SMILES string of the molecule is CCC1C[C@H]2CC[C@H]2C1. The van der Waals surface area contributed by atoms with Gasteiger partial charge in [0.05, 0.1) is 0 Å². The summed E-state index contributed by atoms with van der Waals surface area (Å²) in [6.45, 7) is 2.34. The average molecular weight is 124 g/mol. The van der Waals surface area contributed by atoms with Crippen LogP contribution >= 0.6 is 0 Å². The Balaban J connectivity index is 1.91. The molecule has 3 atom stereocenters. The molecule has 0 heterocycles. The van der Waals surface area contributed by atoms with Gasteiger partial charge in [0, 0.05) is 0 Å². The van der Waals surface area contributed by atoms with Crippen molar-refractivity contribution >= 4 is 0 Å². The molecule has 2 aliphatic carbocycles. The highest BCUT2D eigenvalue weighted by molar-refractivity contribution is 4.89. The van der Waals surface area contributed by atoms with Crippen molar-refractivity contribution < 1.29 is 0 Å². The molecule has 0 aromatic rings. The predicted molar refractivity (Wildman–Crippen MR) is 39.2 cm³/mol. The summed E-state index contributed by atoms with van der Waals surface area (Å²) in [5, 5.41) is 0. The first-order valence-corrected chi connectivity index (χ1v) is 4.40. The summed E-state index contributed by atoms with van der Waals surface area (Å²) in [7, 11) is 0. The molecule has 0 aromatic heterocycles. The molecule has 0 bridgehead atoms. The molecule has 0 aliphatic heterocycles. The fourth-order valence-corrected chi connectivity index (χ4v) is 2.54. The molecule has 2 rings (SSSR count). The van der Waals surface area contributed by atoms with Crippen LogP contribution in [0.1, 0.15) is 39.0 Å². The van der Waals surface area contributed by atoms with Gasteiger partial charge in [0.25, 0.3) is 0 Å². The number of fused-ring (bicyclic) bond motifs is 1. The molecular weight excluding hydrogens is 108 g/mol. The molecule has 2 aliphatic rings. The van der Waals surface area contributed by atoms with Crippen LogP contribution < -0.4 is 0 Å². The van der Waals surface area contributed by atoms with Crippen molar-refractivity contribution in [3.63, 3.8) is 0 Å². The second-order valence-electron chi connectivity index (χ2n) is 3.84. The van der Waals surface area contributed by atoms with Gasteiger partial charge in [-0.25, -0.2) is 0 Å². The van der Waals surface area contributed by atoms with Crippen molar-refractivity contribution in [1.29, 1.82) is 0 Å². The van der Waals surface area contributed by atoms with Crippen LogP contribution in [0.3, 0.4) is 0 Å². The minimum absolute atomic E-state index is 1.11. The molecule has 2 saturated carbocycles.